The Kier molecular flexibility index (Phi) is 9.04. The first-order chi connectivity index (χ1) is 16.4. The molecule has 2 amide bonds. The van der Waals surface area contributed by atoms with Crippen molar-refractivity contribution in [3.8, 4) is 11.1 Å². The summed E-state index contributed by atoms with van der Waals surface area (Å²) in [6, 6.07) is 15.3. The molecule has 1 aliphatic carbocycles. The second-order valence-electron chi connectivity index (χ2n) is 8.39. The Labute approximate surface area is 199 Å². The highest BCUT2D eigenvalue weighted by molar-refractivity contribution is 5.84. The van der Waals surface area contributed by atoms with Gasteiger partial charge in [0.1, 0.15) is 6.61 Å². The Morgan fingerprint density at radius 3 is 2.18 bits per heavy atom. The average Bonchev–Trinajstić information content (AvgIpc) is 3.16. The van der Waals surface area contributed by atoms with Gasteiger partial charge in [-0.3, -0.25) is 4.79 Å². The molecule has 0 radical (unpaired) electrons. The number of nitrogens with one attached hydrogen (secondary N) is 2. The lowest BCUT2D eigenvalue weighted by Gasteiger charge is -2.20. The molecule has 34 heavy (non-hydrogen) atoms. The van der Waals surface area contributed by atoms with Crippen LogP contribution in [-0.2, 0) is 19.1 Å². The first-order valence-corrected chi connectivity index (χ1v) is 11.6. The quantitative estimate of drug-likeness (QED) is 0.410. The summed E-state index contributed by atoms with van der Waals surface area (Å²) in [7, 11) is 1.40. The Balaban J connectivity index is 1.34. The van der Waals surface area contributed by atoms with Gasteiger partial charge in [-0.1, -0.05) is 55.0 Å². The number of benzene rings is 2. The molecular formula is C26H32N2O6. The smallest absolute Gasteiger partial charge is 0.407 e. The number of amides is 2. The number of fused-ring (bicyclic) bond motifs is 3. The number of carbonyl (C=O) groups excluding carboxylic acids is 2. The molecule has 0 fully saturated rings. The van der Waals surface area contributed by atoms with Gasteiger partial charge in [-0.05, 0) is 42.0 Å². The SMILES string of the molecule is COC(C)C(NC(=O)CCCCCNC(=O)OCC1c2ccccc2-c2ccccc21)C(=O)O. The number of carboxylic acid groups (broad SMARTS) is 1. The fourth-order valence-electron chi connectivity index (χ4n) is 4.19. The lowest BCUT2D eigenvalue weighted by atomic mass is 9.98. The summed E-state index contributed by atoms with van der Waals surface area (Å²) < 4.78 is 10.5. The Hall–Kier alpha value is -3.39. The second kappa shape index (κ2) is 12.2. The normalized spacial score (nSPS) is 13.9. The molecule has 0 bridgehead atoms. The van der Waals surface area contributed by atoms with E-state index in [1.54, 1.807) is 6.92 Å². The lowest BCUT2D eigenvalue weighted by molar-refractivity contribution is -0.145. The molecule has 8 nitrogen and oxygen atoms in total. The second-order valence-corrected chi connectivity index (χ2v) is 8.39. The van der Waals surface area contributed by atoms with E-state index in [4.69, 9.17) is 9.47 Å². The maximum absolute atomic E-state index is 12.2. The molecule has 0 aromatic heterocycles. The molecule has 2 aromatic carbocycles. The number of rotatable bonds is 12. The molecular weight excluding hydrogens is 436 g/mol. The highest BCUT2D eigenvalue weighted by Crippen LogP contribution is 2.44. The fourth-order valence-corrected chi connectivity index (χ4v) is 4.19. The zero-order chi connectivity index (χ0) is 24.5. The van der Waals surface area contributed by atoms with Gasteiger partial charge in [0.15, 0.2) is 6.04 Å². The van der Waals surface area contributed by atoms with E-state index in [1.807, 2.05) is 24.3 Å². The number of methoxy groups -OCH3 is 1. The van der Waals surface area contributed by atoms with Crippen molar-refractivity contribution < 1.29 is 29.0 Å². The van der Waals surface area contributed by atoms with Crippen LogP contribution >= 0.6 is 0 Å². The molecule has 8 heteroatoms. The van der Waals surface area contributed by atoms with Crippen molar-refractivity contribution in [3.05, 3.63) is 59.7 Å². The van der Waals surface area contributed by atoms with Gasteiger partial charge in [0.2, 0.25) is 5.91 Å². The number of hydrogen-bond acceptors (Lipinski definition) is 5. The maximum Gasteiger partial charge on any atom is 0.407 e. The third kappa shape index (κ3) is 6.35. The molecule has 2 aromatic rings. The Bertz CT molecular complexity index is 963. The van der Waals surface area contributed by atoms with Gasteiger partial charge in [-0.15, -0.1) is 0 Å². The molecule has 0 aliphatic heterocycles. The third-order valence-electron chi connectivity index (χ3n) is 6.12. The molecule has 0 saturated heterocycles. The molecule has 182 valence electrons. The van der Waals surface area contributed by atoms with Crippen molar-refractivity contribution in [2.24, 2.45) is 0 Å². The average molecular weight is 469 g/mol. The largest absolute Gasteiger partial charge is 0.480 e. The number of alkyl carbamates (subject to hydrolysis) is 1. The highest BCUT2D eigenvalue weighted by atomic mass is 16.5. The zero-order valence-electron chi connectivity index (χ0n) is 19.6. The standard InChI is InChI=1S/C26H32N2O6/c1-17(33-2)24(25(30)31)28-23(29)14-4-3-9-15-27-26(32)34-16-22-20-12-7-5-10-18(20)19-11-6-8-13-21(19)22/h5-8,10-13,17,22,24H,3-4,9,14-16H2,1-2H3,(H,27,32)(H,28,29)(H,30,31). The first-order valence-electron chi connectivity index (χ1n) is 11.6. The van der Waals surface area contributed by atoms with Crippen LogP contribution in [0.1, 0.15) is 49.7 Å². The lowest BCUT2D eigenvalue weighted by Crippen LogP contribution is -2.48. The predicted octanol–water partition coefficient (Wildman–Crippen LogP) is 3.69. The van der Waals surface area contributed by atoms with Gasteiger partial charge in [-0.2, -0.15) is 0 Å². The summed E-state index contributed by atoms with van der Waals surface area (Å²) >= 11 is 0. The van der Waals surface area contributed by atoms with Crippen molar-refractivity contribution in [2.75, 3.05) is 20.3 Å². The summed E-state index contributed by atoms with van der Waals surface area (Å²) in [6.45, 7) is 2.30. The molecule has 2 unspecified atom stereocenters. The van der Waals surface area contributed by atoms with Gasteiger partial charge >= 0.3 is 12.1 Å². The van der Waals surface area contributed by atoms with Crippen LogP contribution in [0.2, 0.25) is 0 Å². The number of hydrogen-bond donors (Lipinski definition) is 3. The zero-order valence-corrected chi connectivity index (χ0v) is 19.6. The number of carboxylic acids is 1. The van der Waals surface area contributed by atoms with Crippen LogP contribution in [-0.4, -0.2) is 55.5 Å². The minimum Gasteiger partial charge on any atom is -0.480 e. The van der Waals surface area contributed by atoms with Crippen LogP contribution in [0.4, 0.5) is 4.79 Å². The molecule has 0 saturated carbocycles. The van der Waals surface area contributed by atoms with E-state index in [0.29, 0.717) is 25.8 Å². The summed E-state index contributed by atoms with van der Waals surface area (Å²) in [5.41, 5.74) is 4.70. The first kappa shape index (κ1) is 25.2. The van der Waals surface area contributed by atoms with Gasteiger partial charge in [0.05, 0.1) is 6.10 Å². The van der Waals surface area contributed by atoms with E-state index < -0.39 is 24.2 Å². The van der Waals surface area contributed by atoms with Crippen molar-refractivity contribution in [1.82, 2.24) is 10.6 Å². The van der Waals surface area contributed by atoms with Gasteiger partial charge < -0.3 is 25.2 Å². The van der Waals surface area contributed by atoms with Crippen molar-refractivity contribution in [3.63, 3.8) is 0 Å². The van der Waals surface area contributed by atoms with E-state index in [0.717, 1.165) is 0 Å². The van der Waals surface area contributed by atoms with E-state index in [-0.39, 0.29) is 24.9 Å². The Morgan fingerprint density at radius 2 is 1.59 bits per heavy atom. The van der Waals surface area contributed by atoms with Gasteiger partial charge in [0.25, 0.3) is 0 Å². The number of carbonyl (C=O) groups is 3. The van der Waals surface area contributed by atoms with E-state index in [9.17, 15) is 19.5 Å². The maximum atomic E-state index is 12.2. The monoisotopic (exact) mass is 468 g/mol. The fraction of sp³-hybridized carbons (Fsp3) is 0.423. The van der Waals surface area contributed by atoms with Crippen LogP contribution in [0, 0.1) is 0 Å². The number of ether oxygens (including phenoxy) is 2. The van der Waals surface area contributed by atoms with Crippen molar-refractivity contribution in [2.45, 2.75) is 50.7 Å². The van der Waals surface area contributed by atoms with E-state index in [1.165, 1.54) is 29.4 Å². The number of aliphatic carboxylic acids is 1. The summed E-state index contributed by atoms with van der Waals surface area (Å²) in [6.07, 6.45) is 1.13. The van der Waals surface area contributed by atoms with Crippen LogP contribution in [0.3, 0.4) is 0 Å². The predicted molar refractivity (Wildman–Crippen MR) is 128 cm³/mol. The van der Waals surface area contributed by atoms with Gasteiger partial charge in [-0.25, -0.2) is 9.59 Å². The topological polar surface area (TPSA) is 114 Å². The van der Waals surface area contributed by atoms with Crippen LogP contribution in [0.25, 0.3) is 11.1 Å². The van der Waals surface area contributed by atoms with Crippen molar-refractivity contribution >= 4 is 18.0 Å². The van der Waals surface area contributed by atoms with Crippen LogP contribution in [0.5, 0.6) is 0 Å². The van der Waals surface area contributed by atoms with E-state index >= 15 is 0 Å². The molecule has 0 spiro atoms. The van der Waals surface area contributed by atoms with Crippen LogP contribution < -0.4 is 10.6 Å². The molecule has 3 rings (SSSR count). The van der Waals surface area contributed by atoms with Crippen molar-refractivity contribution in [1.29, 1.82) is 0 Å². The minimum absolute atomic E-state index is 0.0205. The number of unbranched alkanes of at least 4 members (excludes halogenated alkanes) is 2. The van der Waals surface area contributed by atoms with E-state index in [2.05, 4.69) is 34.9 Å². The molecule has 0 heterocycles. The summed E-state index contributed by atoms with van der Waals surface area (Å²) in [5, 5.41) is 14.4. The minimum atomic E-state index is -1.13. The molecule has 1 aliphatic rings. The van der Waals surface area contributed by atoms with Crippen LogP contribution in [0.15, 0.2) is 48.5 Å². The molecule has 2 atom stereocenters. The van der Waals surface area contributed by atoms with Gasteiger partial charge in [0, 0.05) is 26.0 Å². The highest BCUT2D eigenvalue weighted by Gasteiger charge is 2.29. The third-order valence-corrected chi connectivity index (χ3v) is 6.12. The summed E-state index contributed by atoms with van der Waals surface area (Å²) in [4.78, 5) is 35.4. The summed E-state index contributed by atoms with van der Waals surface area (Å²) in [5.74, 6) is -1.44. The molecule has 3 N–H and O–H groups in total. The Morgan fingerprint density at radius 1 is 0.971 bits per heavy atom.